The van der Waals surface area contributed by atoms with Crippen LogP contribution >= 0.6 is 8.25 Å². The molecule has 3 nitrogen and oxygen atoms in total. The van der Waals surface area contributed by atoms with Crippen molar-refractivity contribution in [3.8, 4) is 0 Å². The molecular weight excluding hydrogens is 235 g/mol. The van der Waals surface area contributed by atoms with Gasteiger partial charge in [-0.1, -0.05) is 51.5 Å². The molecule has 0 fully saturated rings. The van der Waals surface area contributed by atoms with Gasteiger partial charge in [0.15, 0.2) is 0 Å². The normalized spacial score (nSPS) is 9.65. The first-order valence-electron chi connectivity index (χ1n) is 6.15. The van der Waals surface area contributed by atoms with E-state index in [0.717, 1.165) is 31.3 Å². The van der Waals surface area contributed by atoms with E-state index >= 15 is 0 Å². The van der Waals surface area contributed by atoms with Gasteiger partial charge in [-0.05, 0) is 19.8 Å². The Balaban J connectivity index is 0. The highest BCUT2D eigenvalue weighted by molar-refractivity contribution is 7.33. The van der Waals surface area contributed by atoms with E-state index in [1.807, 2.05) is 6.92 Å². The molecule has 0 radical (unpaired) electrons. The third kappa shape index (κ3) is 21.5. The Bertz CT molecular complexity index is 203. The van der Waals surface area contributed by atoms with Crippen molar-refractivity contribution in [2.75, 3.05) is 13.2 Å². The fraction of sp³-hybridized carbons (Fsp3) is 0.692. The van der Waals surface area contributed by atoms with Gasteiger partial charge >= 0.3 is 8.25 Å². The maximum absolute atomic E-state index is 10.9. The Morgan fingerprint density at radius 1 is 1.18 bits per heavy atom. The van der Waals surface area contributed by atoms with Gasteiger partial charge in [-0.25, -0.2) is 0 Å². The summed E-state index contributed by atoms with van der Waals surface area (Å²) < 4.78 is 20.8. The van der Waals surface area contributed by atoms with Crippen LogP contribution < -0.4 is 0 Å². The van der Waals surface area contributed by atoms with E-state index in [4.69, 9.17) is 9.05 Å². The van der Waals surface area contributed by atoms with Crippen molar-refractivity contribution < 1.29 is 13.6 Å². The van der Waals surface area contributed by atoms with Crippen LogP contribution in [0.2, 0.25) is 0 Å². The average molecular weight is 262 g/mol. The molecule has 0 rings (SSSR count). The zero-order chi connectivity index (χ0) is 13.5. The van der Waals surface area contributed by atoms with Crippen molar-refractivity contribution >= 4 is 8.25 Å². The molecule has 0 aromatic carbocycles. The molecule has 0 saturated heterocycles. The summed E-state index contributed by atoms with van der Waals surface area (Å²) in [5, 5.41) is 0. The average Bonchev–Trinajstić information content (AvgIpc) is 2.30. The van der Waals surface area contributed by atoms with Gasteiger partial charge in [0.05, 0.1) is 13.2 Å². The van der Waals surface area contributed by atoms with Crippen LogP contribution in [0.3, 0.4) is 0 Å². The molecule has 0 bridgehead atoms. The summed E-state index contributed by atoms with van der Waals surface area (Å²) in [5.41, 5.74) is 1.02. The zero-order valence-corrected chi connectivity index (χ0v) is 12.5. The van der Waals surface area contributed by atoms with Gasteiger partial charge < -0.3 is 9.05 Å². The van der Waals surface area contributed by atoms with Gasteiger partial charge in [-0.15, -0.1) is 0 Å². The molecule has 0 saturated carbocycles. The van der Waals surface area contributed by atoms with Crippen molar-refractivity contribution in [2.45, 2.75) is 46.5 Å². The summed E-state index contributed by atoms with van der Waals surface area (Å²) in [6, 6.07) is 0. The van der Waals surface area contributed by atoms with Gasteiger partial charge in [0.1, 0.15) is 0 Å². The standard InChI is InChI=1S/C8H19O3P.C5H8/c1-3-5-7-10-12(9)11-8-6-4-2;1-4-5(2)3/h12H,3-8H2,1-2H3;4H,1-2H2,3H3. The summed E-state index contributed by atoms with van der Waals surface area (Å²) in [7, 11) is -2.18. The van der Waals surface area contributed by atoms with Crippen LogP contribution in [0, 0.1) is 0 Å². The summed E-state index contributed by atoms with van der Waals surface area (Å²) in [4.78, 5) is 0. The Hall–Kier alpha value is -0.370. The Morgan fingerprint density at radius 2 is 1.53 bits per heavy atom. The Kier molecular flexibility index (Phi) is 17.5. The molecule has 0 aliphatic rings. The van der Waals surface area contributed by atoms with E-state index in [2.05, 4.69) is 27.0 Å². The number of allylic oxidation sites excluding steroid dienone is 2. The second kappa shape index (κ2) is 15.6. The molecule has 0 aromatic heterocycles. The number of unbranched alkanes of at least 4 members (excludes halogenated alkanes) is 2. The highest BCUT2D eigenvalue weighted by Crippen LogP contribution is 2.24. The van der Waals surface area contributed by atoms with Crippen LogP contribution in [0.1, 0.15) is 46.5 Å². The van der Waals surface area contributed by atoms with Crippen molar-refractivity contribution in [2.24, 2.45) is 0 Å². The second-order valence-electron chi connectivity index (χ2n) is 3.70. The third-order valence-corrected chi connectivity index (χ3v) is 2.66. The van der Waals surface area contributed by atoms with Gasteiger partial charge in [-0.2, -0.15) is 0 Å². The molecule has 0 spiro atoms. The van der Waals surface area contributed by atoms with E-state index in [0.29, 0.717) is 13.2 Å². The number of hydrogen-bond donors (Lipinski definition) is 0. The predicted molar refractivity (Wildman–Crippen MR) is 75.7 cm³/mol. The number of rotatable bonds is 9. The van der Waals surface area contributed by atoms with E-state index < -0.39 is 8.25 Å². The maximum atomic E-state index is 10.9. The Morgan fingerprint density at radius 3 is 1.76 bits per heavy atom. The molecule has 0 aliphatic carbocycles. The van der Waals surface area contributed by atoms with Crippen LogP contribution in [0.25, 0.3) is 0 Å². The highest BCUT2D eigenvalue weighted by atomic mass is 31.1. The summed E-state index contributed by atoms with van der Waals surface area (Å²) in [6.07, 6.45) is 5.75. The molecule has 0 atom stereocenters. The minimum atomic E-state index is -2.18. The van der Waals surface area contributed by atoms with E-state index in [1.165, 1.54) is 0 Å². The van der Waals surface area contributed by atoms with E-state index in [-0.39, 0.29) is 0 Å². The van der Waals surface area contributed by atoms with E-state index in [9.17, 15) is 4.57 Å². The van der Waals surface area contributed by atoms with Gasteiger partial charge in [0.2, 0.25) is 0 Å². The SMILES string of the molecule is C=CC(=C)C.CCCCO[PH](=O)OCCCC. The van der Waals surface area contributed by atoms with Gasteiger partial charge in [0.25, 0.3) is 0 Å². The van der Waals surface area contributed by atoms with Crippen LogP contribution in [-0.2, 0) is 13.6 Å². The van der Waals surface area contributed by atoms with Crippen LogP contribution in [0.5, 0.6) is 0 Å². The molecule has 0 aliphatic heterocycles. The first-order valence-corrected chi connectivity index (χ1v) is 7.38. The minimum Gasteiger partial charge on any atom is -0.311 e. The van der Waals surface area contributed by atoms with E-state index in [1.54, 1.807) is 6.08 Å². The molecule has 17 heavy (non-hydrogen) atoms. The summed E-state index contributed by atoms with van der Waals surface area (Å²) >= 11 is 0. The fourth-order valence-corrected chi connectivity index (χ4v) is 1.35. The van der Waals surface area contributed by atoms with Gasteiger partial charge in [0, 0.05) is 0 Å². The van der Waals surface area contributed by atoms with Crippen LogP contribution in [0.4, 0.5) is 0 Å². The molecule has 102 valence electrons. The third-order valence-electron chi connectivity index (χ3n) is 1.78. The summed E-state index contributed by atoms with van der Waals surface area (Å²) in [5.74, 6) is 0. The lowest BCUT2D eigenvalue weighted by Crippen LogP contribution is -1.90. The lowest BCUT2D eigenvalue weighted by atomic mass is 10.4. The first-order chi connectivity index (χ1) is 8.08. The molecule has 0 heterocycles. The molecule has 4 heteroatoms. The summed E-state index contributed by atoms with van der Waals surface area (Å²) in [6.45, 7) is 14.2. The topological polar surface area (TPSA) is 35.5 Å². The fourth-order valence-electron chi connectivity index (χ4n) is 0.641. The van der Waals surface area contributed by atoms with Gasteiger partial charge in [-0.3, -0.25) is 4.57 Å². The number of hydrogen-bond acceptors (Lipinski definition) is 3. The molecule has 0 aromatic rings. The van der Waals surface area contributed by atoms with Crippen molar-refractivity contribution in [1.82, 2.24) is 0 Å². The first kappa shape index (κ1) is 19.0. The van der Waals surface area contributed by atoms with Crippen molar-refractivity contribution in [1.29, 1.82) is 0 Å². The minimum absolute atomic E-state index is 0.556. The largest absolute Gasteiger partial charge is 0.319 e. The predicted octanol–water partition coefficient (Wildman–Crippen LogP) is 4.76. The quantitative estimate of drug-likeness (QED) is 0.341. The Labute approximate surface area is 107 Å². The lowest BCUT2D eigenvalue weighted by molar-refractivity contribution is 0.221. The van der Waals surface area contributed by atoms with Crippen molar-refractivity contribution in [3.05, 3.63) is 24.8 Å². The second-order valence-corrected chi connectivity index (χ2v) is 4.78. The monoisotopic (exact) mass is 262 g/mol. The molecule has 0 amide bonds. The molecular formula is C13H27O3P. The highest BCUT2D eigenvalue weighted by Gasteiger charge is 1.97. The van der Waals surface area contributed by atoms with Crippen LogP contribution in [0.15, 0.2) is 24.8 Å². The zero-order valence-electron chi connectivity index (χ0n) is 11.5. The molecule has 0 N–H and O–H groups in total. The van der Waals surface area contributed by atoms with Crippen molar-refractivity contribution in [3.63, 3.8) is 0 Å². The molecule has 0 unspecified atom stereocenters. The van der Waals surface area contributed by atoms with Crippen LogP contribution in [-0.4, -0.2) is 13.2 Å². The smallest absolute Gasteiger partial charge is 0.311 e. The maximum Gasteiger partial charge on any atom is 0.319 e. The lowest BCUT2D eigenvalue weighted by Gasteiger charge is -2.03.